The molecule has 0 radical (unpaired) electrons. The van der Waals surface area contributed by atoms with Crippen LogP contribution in [0, 0.1) is 0 Å². The number of aromatic hydroxyl groups is 2. The van der Waals surface area contributed by atoms with E-state index in [1.54, 1.807) is 0 Å². The molecule has 4 heteroatoms. The van der Waals surface area contributed by atoms with E-state index in [1.165, 1.54) is 108 Å². The molecule has 0 spiro atoms. The van der Waals surface area contributed by atoms with Gasteiger partial charge in [0.25, 0.3) is 0 Å². The standard InChI is InChI=1S/C25H42O4/c1-2-3-4-5-6-7-8-9-10-11-12-13-14-15-16-17-18-29-25(28)22-19-23(26)21-24(27)20-22/h19-21,26-27H,2-18H2,1H3. The number of ether oxygens (including phenoxy) is 1. The Morgan fingerprint density at radius 1 is 0.655 bits per heavy atom. The molecule has 4 nitrogen and oxygen atoms in total. The molecule has 1 aromatic carbocycles. The average molecular weight is 407 g/mol. The van der Waals surface area contributed by atoms with Crippen molar-refractivity contribution >= 4 is 5.97 Å². The summed E-state index contributed by atoms with van der Waals surface area (Å²) in [6.45, 7) is 2.65. The number of rotatable bonds is 18. The van der Waals surface area contributed by atoms with Crippen LogP contribution in [0.2, 0.25) is 0 Å². The molecular formula is C25H42O4. The van der Waals surface area contributed by atoms with Crippen LogP contribution in [0.1, 0.15) is 120 Å². The molecule has 0 saturated carbocycles. The first kappa shape index (κ1) is 25.3. The van der Waals surface area contributed by atoms with Gasteiger partial charge in [-0.3, -0.25) is 0 Å². The van der Waals surface area contributed by atoms with E-state index in [9.17, 15) is 15.0 Å². The number of benzene rings is 1. The van der Waals surface area contributed by atoms with Gasteiger partial charge in [0, 0.05) is 6.07 Å². The predicted molar refractivity (Wildman–Crippen MR) is 120 cm³/mol. The second-order valence-corrected chi connectivity index (χ2v) is 8.18. The van der Waals surface area contributed by atoms with Crippen molar-refractivity contribution in [2.45, 2.75) is 110 Å². The van der Waals surface area contributed by atoms with Crippen LogP contribution >= 0.6 is 0 Å². The number of esters is 1. The summed E-state index contributed by atoms with van der Waals surface area (Å²) in [7, 11) is 0. The molecule has 166 valence electrons. The third-order valence-corrected chi connectivity index (χ3v) is 5.37. The van der Waals surface area contributed by atoms with Crippen molar-refractivity contribution in [3.05, 3.63) is 23.8 Å². The van der Waals surface area contributed by atoms with E-state index in [-0.39, 0.29) is 17.1 Å². The van der Waals surface area contributed by atoms with Gasteiger partial charge in [-0.1, -0.05) is 103 Å². The number of phenols is 2. The topological polar surface area (TPSA) is 66.8 Å². The van der Waals surface area contributed by atoms with Crippen LogP contribution in [-0.2, 0) is 4.74 Å². The second-order valence-electron chi connectivity index (χ2n) is 8.18. The SMILES string of the molecule is CCCCCCCCCCCCCCCCCCOC(=O)c1cc(O)cc(O)c1. The monoisotopic (exact) mass is 406 g/mol. The highest BCUT2D eigenvalue weighted by atomic mass is 16.5. The molecule has 2 N–H and O–H groups in total. The first-order valence-electron chi connectivity index (χ1n) is 11.8. The lowest BCUT2D eigenvalue weighted by atomic mass is 10.0. The fourth-order valence-corrected chi connectivity index (χ4v) is 3.61. The van der Waals surface area contributed by atoms with Crippen LogP contribution in [0.4, 0.5) is 0 Å². The largest absolute Gasteiger partial charge is 0.508 e. The van der Waals surface area contributed by atoms with E-state index < -0.39 is 5.97 Å². The summed E-state index contributed by atoms with van der Waals surface area (Å²) in [6, 6.07) is 3.79. The summed E-state index contributed by atoms with van der Waals surface area (Å²) in [5, 5.41) is 18.8. The predicted octanol–water partition coefficient (Wildman–Crippen LogP) is 7.52. The zero-order valence-electron chi connectivity index (χ0n) is 18.5. The highest BCUT2D eigenvalue weighted by Gasteiger charge is 2.09. The maximum absolute atomic E-state index is 11.9. The summed E-state index contributed by atoms with van der Waals surface area (Å²) in [4.78, 5) is 11.9. The van der Waals surface area contributed by atoms with Crippen LogP contribution in [0.3, 0.4) is 0 Å². The van der Waals surface area contributed by atoms with Crippen molar-refractivity contribution in [2.75, 3.05) is 6.61 Å². The zero-order valence-corrected chi connectivity index (χ0v) is 18.5. The fourth-order valence-electron chi connectivity index (χ4n) is 3.61. The Bertz CT molecular complexity index is 521. The Hall–Kier alpha value is -1.71. The van der Waals surface area contributed by atoms with Gasteiger partial charge in [-0.25, -0.2) is 4.79 Å². The maximum Gasteiger partial charge on any atom is 0.338 e. The quantitative estimate of drug-likeness (QED) is 0.195. The Labute approximate surface area is 177 Å². The summed E-state index contributed by atoms with van der Waals surface area (Å²) in [5.41, 5.74) is 0.180. The summed E-state index contributed by atoms with van der Waals surface area (Å²) in [6.07, 6.45) is 21.0. The van der Waals surface area contributed by atoms with Gasteiger partial charge >= 0.3 is 5.97 Å². The zero-order chi connectivity index (χ0) is 21.2. The first-order valence-corrected chi connectivity index (χ1v) is 11.8. The Kier molecular flexibility index (Phi) is 15.0. The molecular weight excluding hydrogens is 364 g/mol. The lowest BCUT2D eigenvalue weighted by molar-refractivity contribution is 0.0496. The van der Waals surface area contributed by atoms with Gasteiger partial charge in [-0.2, -0.15) is 0 Å². The minimum absolute atomic E-state index is 0.139. The van der Waals surface area contributed by atoms with Gasteiger partial charge in [0.1, 0.15) is 11.5 Å². The Morgan fingerprint density at radius 2 is 1.03 bits per heavy atom. The van der Waals surface area contributed by atoms with E-state index in [0.29, 0.717) is 6.61 Å². The van der Waals surface area contributed by atoms with Gasteiger partial charge < -0.3 is 14.9 Å². The molecule has 1 aromatic rings. The van der Waals surface area contributed by atoms with Crippen LogP contribution in [0.15, 0.2) is 18.2 Å². The molecule has 0 aliphatic rings. The molecule has 1 rings (SSSR count). The molecule has 0 atom stereocenters. The van der Waals surface area contributed by atoms with E-state index in [2.05, 4.69) is 6.92 Å². The third-order valence-electron chi connectivity index (χ3n) is 5.37. The number of phenolic OH excluding ortho intramolecular Hbond substituents is 2. The average Bonchev–Trinajstić information content (AvgIpc) is 2.69. The van der Waals surface area contributed by atoms with Crippen molar-refractivity contribution in [3.63, 3.8) is 0 Å². The van der Waals surface area contributed by atoms with E-state index in [4.69, 9.17) is 4.74 Å². The van der Waals surface area contributed by atoms with E-state index >= 15 is 0 Å². The van der Waals surface area contributed by atoms with Crippen molar-refractivity contribution < 1.29 is 19.7 Å². The number of carbonyl (C=O) groups is 1. The van der Waals surface area contributed by atoms with Crippen molar-refractivity contribution in [2.24, 2.45) is 0 Å². The lowest BCUT2D eigenvalue weighted by Crippen LogP contribution is -2.06. The number of hydrogen-bond acceptors (Lipinski definition) is 4. The third kappa shape index (κ3) is 14.0. The van der Waals surface area contributed by atoms with Crippen LogP contribution in [-0.4, -0.2) is 22.8 Å². The minimum atomic E-state index is -0.503. The molecule has 29 heavy (non-hydrogen) atoms. The summed E-state index contributed by atoms with van der Waals surface area (Å²) < 4.78 is 5.20. The Balaban J connectivity index is 1.84. The van der Waals surface area contributed by atoms with Crippen molar-refractivity contribution in [1.82, 2.24) is 0 Å². The van der Waals surface area contributed by atoms with Crippen molar-refractivity contribution in [1.29, 1.82) is 0 Å². The number of carbonyl (C=O) groups excluding carboxylic acids is 1. The molecule has 0 amide bonds. The molecule has 0 saturated heterocycles. The van der Waals surface area contributed by atoms with Gasteiger partial charge in [0.2, 0.25) is 0 Å². The second kappa shape index (κ2) is 17.2. The molecule has 0 aromatic heterocycles. The minimum Gasteiger partial charge on any atom is -0.508 e. The Morgan fingerprint density at radius 3 is 1.45 bits per heavy atom. The first-order chi connectivity index (χ1) is 14.1. The van der Waals surface area contributed by atoms with E-state index in [0.717, 1.165) is 12.8 Å². The number of unbranched alkanes of at least 4 members (excludes halogenated alkanes) is 15. The van der Waals surface area contributed by atoms with Crippen LogP contribution in [0.25, 0.3) is 0 Å². The van der Waals surface area contributed by atoms with Crippen LogP contribution in [0.5, 0.6) is 11.5 Å². The van der Waals surface area contributed by atoms with Gasteiger partial charge in [0.05, 0.1) is 12.2 Å². The van der Waals surface area contributed by atoms with Crippen molar-refractivity contribution in [3.8, 4) is 11.5 Å². The molecule has 0 unspecified atom stereocenters. The lowest BCUT2D eigenvalue weighted by Gasteiger charge is -2.06. The fraction of sp³-hybridized carbons (Fsp3) is 0.720. The molecule has 0 bridgehead atoms. The normalized spacial score (nSPS) is 10.9. The molecule has 0 fully saturated rings. The van der Waals surface area contributed by atoms with Gasteiger partial charge in [0.15, 0.2) is 0 Å². The summed E-state index contributed by atoms with van der Waals surface area (Å²) >= 11 is 0. The van der Waals surface area contributed by atoms with Crippen LogP contribution < -0.4 is 0 Å². The highest BCUT2D eigenvalue weighted by Crippen LogP contribution is 2.21. The van der Waals surface area contributed by atoms with E-state index in [1.807, 2.05) is 0 Å². The maximum atomic E-state index is 11.9. The highest BCUT2D eigenvalue weighted by molar-refractivity contribution is 5.90. The molecule has 0 aliphatic carbocycles. The number of hydrogen-bond donors (Lipinski definition) is 2. The molecule has 0 aliphatic heterocycles. The van der Waals surface area contributed by atoms with Gasteiger partial charge in [-0.15, -0.1) is 0 Å². The summed E-state index contributed by atoms with van der Waals surface area (Å²) in [5.74, 6) is -0.782. The van der Waals surface area contributed by atoms with Gasteiger partial charge in [-0.05, 0) is 18.6 Å². The molecule has 0 heterocycles. The smallest absolute Gasteiger partial charge is 0.338 e.